The van der Waals surface area contributed by atoms with Gasteiger partial charge in [0.25, 0.3) is 0 Å². The normalized spacial score (nSPS) is 15.5. The molecule has 2 aromatic carbocycles. The summed E-state index contributed by atoms with van der Waals surface area (Å²) < 4.78 is 12.9. The van der Waals surface area contributed by atoms with E-state index in [0.29, 0.717) is 0 Å². The van der Waals surface area contributed by atoms with Crippen LogP contribution in [0.2, 0.25) is 0 Å². The molecule has 0 fully saturated rings. The Morgan fingerprint density at radius 1 is 0.955 bits per heavy atom. The van der Waals surface area contributed by atoms with Crippen molar-refractivity contribution in [2.75, 3.05) is 0 Å². The van der Waals surface area contributed by atoms with Crippen LogP contribution in [0.15, 0.2) is 58.3 Å². The van der Waals surface area contributed by atoms with Gasteiger partial charge in [-0.15, -0.1) is 0 Å². The standard InChI is InChI=1S/C19H24O2S/c1-13(2)19(20)15(4)17-7-5-6-8-18(17)22(21)16-11-9-14(3)10-12-16/h5-13,15,19-20H,1-4H3/t15-,19+,22?/m0/s1. The molecular formula is C19H24O2S. The molecule has 0 aromatic heterocycles. The summed E-state index contributed by atoms with van der Waals surface area (Å²) in [5.74, 6) is 0.112. The predicted octanol–water partition coefficient (Wildman–Crippen LogP) is 4.28. The van der Waals surface area contributed by atoms with E-state index in [1.807, 2.05) is 76.2 Å². The quantitative estimate of drug-likeness (QED) is 0.894. The number of benzene rings is 2. The first-order valence-electron chi connectivity index (χ1n) is 7.67. The Labute approximate surface area is 135 Å². The lowest BCUT2D eigenvalue weighted by Gasteiger charge is -2.24. The molecule has 1 N–H and O–H groups in total. The summed E-state index contributed by atoms with van der Waals surface area (Å²) >= 11 is 0. The van der Waals surface area contributed by atoms with Gasteiger partial charge in [-0.3, -0.25) is 0 Å². The first-order chi connectivity index (χ1) is 10.4. The van der Waals surface area contributed by atoms with Crippen molar-refractivity contribution in [1.82, 2.24) is 0 Å². The first-order valence-corrected chi connectivity index (χ1v) is 8.82. The maximum atomic E-state index is 12.9. The van der Waals surface area contributed by atoms with Crippen LogP contribution in [0.25, 0.3) is 0 Å². The molecule has 0 saturated carbocycles. The van der Waals surface area contributed by atoms with Crippen LogP contribution in [-0.4, -0.2) is 15.4 Å². The van der Waals surface area contributed by atoms with E-state index in [1.54, 1.807) is 0 Å². The third-order valence-electron chi connectivity index (χ3n) is 4.04. The van der Waals surface area contributed by atoms with Gasteiger partial charge in [-0.25, -0.2) is 4.21 Å². The second-order valence-corrected chi connectivity index (χ2v) is 7.59. The third-order valence-corrected chi connectivity index (χ3v) is 5.51. The summed E-state index contributed by atoms with van der Waals surface area (Å²) in [5.41, 5.74) is 2.11. The summed E-state index contributed by atoms with van der Waals surface area (Å²) in [6.45, 7) is 8.01. The van der Waals surface area contributed by atoms with Crippen molar-refractivity contribution in [3.8, 4) is 0 Å². The van der Waals surface area contributed by atoms with Gasteiger partial charge >= 0.3 is 0 Å². The van der Waals surface area contributed by atoms with Gasteiger partial charge < -0.3 is 5.11 Å². The Morgan fingerprint density at radius 3 is 2.14 bits per heavy atom. The minimum atomic E-state index is -1.23. The van der Waals surface area contributed by atoms with E-state index in [1.165, 1.54) is 0 Å². The molecule has 0 aliphatic heterocycles. The first kappa shape index (κ1) is 16.9. The second-order valence-electron chi connectivity index (χ2n) is 6.14. The van der Waals surface area contributed by atoms with E-state index >= 15 is 0 Å². The fourth-order valence-corrected chi connectivity index (χ4v) is 3.88. The Hall–Kier alpha value is -1.45. The smallest absolute Gasteiger partial charge is 0.0852 e. The molecule has 0 aliphatic rings. The van der Waals surface area contributed by atoms with Crippen molar-refractivity contribution in [3.63, 3.8) is 0 Å². The van der Waals surface area contributed by atoms with E-state index in [2.05, 4.69) is 0 Å². The number of hydrogen-bond donors (Lipinski definition) is 1. The van der Waals surface area contributed by atoms with Crippen LogP contribution in [0.1, 0.15) is 37.8 Å². The van der Waals surface area contributed by atoms with Gasteiger partial charge in [0, 0.05) is 15.7 Å². The second kappa shape index (κ2) is 7.21. The van der Waals surface area contributed by atoms with Crippen molar-refractivity contribution in [2.45, 2.75) is 49.5 Å². The Morgan fingerprint density at radius 2 is 1.55 bits per heavy atom. The molecular weight excluding hydrogens is 292 g/mol. The predicted molar refractivity (Wildman–Crippen MR) is 91.6 cm³/mol. The van der Waals surface area contributed by atoms with Gasteiger partial charge in [0.2, 0.25) is 0 Å². The summed E-state index contributed by atoms with van der Waals surface area (Å²) in [5, 5.41) is 10.4. The van der Waals surface area contributed by atoms with Crippen molar-refractivity contribution >= 4 is 10.8 Å². The molecule has 3 heteroatoms. The topological polar surface area (TPSA) is 37.3 Å². The molecule has 0 spiro atoms. The molecule has 2 rings (SSSR count). The number of aryl methyl sites for hydroxylation is 1. The average molecular weight is 316 g/mol. The van der Waals surface area contributed by atoms with E-state index in [9.17, 15) is 9.32 Å². The van der Waals surface area contributed by atoms with E-state index in [0.717, 1.165) is 20.9 Å². The van der Waals surface area contributed by atoms with E-state index in [4.69, 9.17) is 0 Å². The molecule has 22 heavy (non-hydrogen) atoms. The summed E-state index contributed by atoms with van der Waals surface area (Å²) in [7, 11) is -1.23. The van der Waals surface area contributed by atoms with Crippen molar-refractivity contribution < 1.29 is 9.32 Å². The van der Waals surface area contributed by atoms with Crippen LogP contribution in [-0.2, 0) is 10.8 Å². The largest absolute Gasteiger partial charge is 0.392 e. The van der Waals surface area contributed by atoms with Crippen LogP contribution in [0, 0.1) is 12.8 Å². The van der Waals surface area contributed by atoms with Crippen LogP contribution in [0.5, 0.6) is 0 Å². The van der Waals surface area contributed by atoms with Crippen molar-refractivity contribution in [2.24, 2.45) is 5.92 Å². The average Bonchev–Trinajstić information content (AvgIpc) is 2.53. The lowest BCUT2D eigenvalue weighted by molar-refractivity contribution is 0.101. The highest BCUT2D eigenvalue weighted by atomic mass is 32.2. The third kappa shape index (κ3) is 3.65. The minimum absolute atomic E-state index is 0.0504. The molecule has 0 bridgehead atoms. The van der Waals surface area contributed by atoms with Gasteiger partial charge in [0.05, 0.1) is 16.9 Å². The van der Waals surface area contributed by atoms with Gasteiger partial charge in [0.1, 0.15) is 0 Å². The van der Waals surface area contributed by atoms with Crippen LogP contribution in [0.4, 0.5) is 0 Å². The van der Waals surface area contributed by atoms with E-state index < -0.39 is 16.9 Å². The van der Waals surface area contributed by atoms with Crippen molar-refractivity contribution in [3.05, 3.63) is 59.7 Å². The van der Waals surface area contributed by atoms with Gasteiger partial charge in [-0.05, 0) is 36.6 Å². The fraction of sp³-hybridized carbons (Fsp3) is 0.368. The zero-order chi connectivity index (χ0) is 16.3. The Kier molecular flexibility index (Phi) is 5.54. The molecule has 0 saturated heterocycles. The highest BCUT2D eigenvalue weighted by Gasteiger charge is 2.23. The van der Waals surface area contributed by atoms with Gasteiger partial charge in [-0.2, -0.15) is 0 Å². The Balaban J connectivity index is 2.39. The van der Waals surface area contributed by atoms with Crippen molar-refractivity contribution in [1.29, 1.82) is 0 Å². The molecule has 118 valence electrons. The molecule has 0 amide bonds. The Bertz CT molecular complexity index is 647. The number of aliphatic hydroxyl groups excluding tert-OH is 1. The summed E-state index contributed by atoms with van der Waals surface area (Å²) in [4.78, 5) is 1.59. The van der Waals surface area contributed by atoms with Gasteiger partial charge in [0.15, 0.2) is 0 Å². The molecule has 2 aromatic rings. The fourth-order valence-electron chi connectivity index (χ4n) is 2.58. The highest BCUT2D eigenvalue weighted by Crippen LogP contribution is 2.30. The SMILES string of the molecule is Cc1ccc(S(=O)c2ccccc2[C@H](C)[C@H](O)C(C)C)cc1. The molecule has 1 unspecified atom stereocenters. The van der Waals surface area contributed by atoms with Crippen LogP contribution < -0.4 is 0 Å². The monoisotopic (exact) mass is 316 g/mol. The summed E-state index contributed by atoms with van der Waals surface area (Å²) in [6, 6.07) is 15.5. The highest BCUT2D eigenvalue weighted by molar-refractivity contribution is 7.85. The lowest BCUT2D eigenvalue weighted by atomic mass is 9.89. The molecule has 0 aliphatic carbocycles. The zero-order valence-electron chi connectivity index (χ0n) is 13.6. The maximum absolute atomic E-state index is 12.9. The molecule has 3 atom stereocenters. The van der Waals surface area contributed by atoms with Crippen LogP contribution in [0.3, 0.4) is 0 Å². The lowest BCUT2D eigenvalue weighted by Crippen LogP contribution is -2.23. The molecule has 0 heterocycles. The van der Waals surface area contributed by atoms with Gasteiger partial charge in [-0.1, -0.05) is 56.7 Å². The minimum Gasteiger partial charge on any atom is -0.392 e. The number of rotatable bonds is 5. The molecule has 2 nitrogen and oxygen atoms in total. The van der Waals surface area contributed by atoms with Crippen LogP contribution >= 0.6 is 0 Å². The van der Waals surface area contributed by atoms with E-state index in [-0.39, 0.29) is 11.8 Å². The maximum Gasteiger partial charge on any atom is 0.0852 e. The molecule has 0 radical (unpaired) electrons. The summed E-state index contributed by atoms with van der Waals surface area (Å²) in [6.07, 6.45) is -0.448. The number of hydrogen-bond acceptors (Lipinski definition) is 2. The number of aliphatic hydroxyl groups is 1. The zero-order valence-corrected chi connectivity index (χ0v) is 14.4.